The Bertz CT molecular complexity index is 516. The van der Waals surface area contributed by atoms with Crippen molar-refractivity contribution >= 4 is 21.4 Å². The van der Waals surface area contributed by atoms with Gasteiger partial charge in [-0.15, -0.1) is 0 Å². The maximum absolute atomic E-state index is 12.2. The van der Waals surface area contributed by atoms with Crippen LogP contribution < -0.4 is 4.74 Å². The van der Waals surface area contributed by atoms with Gasteiger partial charge in [-0.3, -0.25) is 0 Å². The molecule has 0 spiro atoms. The molecule has 1 rings (SSSR count). The average Bonchev–Trinajstić information content (AvgIpc) is 2.17. The first kappa shape index (κ1) is 14.1. The molecule has 0 radical (unpaired) electrons. The minimum Gasteiger partial charge on any atom is -0.433 e. The number of hydrogen-bond donors (Lipinski definition) is 1. The predicted molar refractivity (Wildman–Crippen MR) is 57.1 cm³/mol. The molecule has 0 atom stereocenters. The summed E-state index contributed by atoms with van der Waals surface area (Å²) in [6.07, 6.45) is 0.831. The number of alkyl halides is 2. The van der Waals surface area contributed by atoms with Gasteiger partial charge in [-0.25, -0.2) is 8.42 Å². The summed E-state index contributed by atoms with van der Waals surface area (Å²) in [6, 6.07) is 2.15. The standard InChI is InChI=1S/C9H9ClF2O4S/c1-17(14,15)7-3-6(10)2-5(4-13)8(7)16-9(11)12/h2-3,9,13H,4H2,1H3. The largest absolute Gasteiger partial charge is 0.433 e. The van der Waals surface area contributed by atoms with Crippen LogP contribution in [0.1, 0.15) is 5.56 Å². The van der Waals surface area contributed by atoms with Gasteiger partial charge in [0.25, 0.3) is 0 Å². The number of rotatable bonds is 4. The summed E-state index contributed by atoms with van der Waals surface area (Å²) in [4.78, 5) is -0.477. The molecule has 0 unspecified atom stereocenters. The van der Waals surface area contributed by atoms with E-state index in [0.717, 1.165) is 18.4 Å². The SMILES string of the molecule is CS(=O)(=O)c1cc(Cl)cc(CO)c1OC(F)F. The fraction of sp³-hybridized carbons (Fsp3) is 0.333. The maximum Gasteiger partial charge on any atom is 0.387 e. The molecule has 8 heteroatoms. The molecule has 0 aliphatic carbocycles. The molecular formula is C9H9ClF2O4S. The molecule has 17 heavy (non-hydrogen) atoms. The molecule has 4 nitrogen and oxygen atoms in total. The second-order valence-electron chi connectivity index (χ2n) is 3.20. The van der Waals surface area contributed by atoms with Crippen molar-refractivity contribution in [3.63, 3.8) is 0 Å². The molecule has 96 valence electrons. The molecule has 0 bridgehead atoms. The highest BCUT2D eigenvalue weighted by molar-refractivity contribution is 7.90. The Kier molecular flexibility index (Phi) is 4.29. The number of benzene rings is 1. The maximum atomic E-state index is 12.2. The average molecular weight is 287 g/mol. The minimum atomic E-state index is -3.79. The first-order chi connectivity index (χ1) is 7.75. The summed E-state index contributed by atoms with van der Waals surface area (Å²) >= 11 is 5.62. The molecule has 0 saturated carbocycles. The highest BCUT2D eigenvalue weighted by Gasteiger charge is 2.22. The van der Waals surface area contributed by atoms with Crippen LogP contribution in [-0.4, -0.2) is 26.4 Å². The van der Waals surface area contributed by atoms with Crippen molar-refractivity contribution in [3.8, 4) is 5.75 Å². The van der Waals surface area contributed by atoms with E-state index in [-0.39, 0.29) is 10.6 Å². The van der Waals surface area contributed by atoms with Crippen LogP contribution in [0, 0.1) is 0 Å². The van der Waals surface area contributed by atoms with Gasteiger partial charge in [-0.2, -0.15) is 8.78 Å². The van der Waals surface area contributed by atoms with Gasteiger partial charge in [0.2, 0.25) is 0 Å². The van der Waals surface area contributed by atoms with Crippen molar-refractivity contribution in [2.24, 2.45) is 0 Å². The number of aliphatic hydroxyl groups excluding tert-OH is 1. The van der Waals surface area contributed by atoms with Gasteiger partial charge in [-0.05, 0) is 12.1 Å². The van der Waals surface area contributed by atoms with E-state index in [0.29, 0.717) is 0 Å². The first-order valence-electron chi connectivity index (χ1n) is 4.34. The van der Waals surface area contributed by atoms with E-state index in [1.165, 1.54) is 0 Å². The van der Waals surface area contributed by atoms with Crippen LogP contribution >= 0.6 is 11.6 Å². The fourth-order valence-electron chi connectivity index (χ4n) is 1.24. The van der Waals surface area contributed by atoms with Crippen LogP contribution in [0.2, 0.25) is 5.02 Å². The lowest BCUT2D eigenvalue weighted by Gasteiger charge is -2.13. The summed E-state index contributed by atoms with van der Waals surface area (Å²) in [6.45, 7) is -3.85. The van der Waals surface area contributed by atoms with Gasteiger partial charge in [0, 0.05) is 16.8 Å². The zero-order chi connectivity index (χ0) is 13.2. The molecule has 1 N–H and O–H groups in total. The van der Waals surface area contributed by atoms with Gasteiger partial charge in [0.15, 0.2) is 9.84 Å². The molecule has 0 heterocycles. The van der Waals surface area contributed by atoms with Crippen molar-refractivity contribution in [2.75, 3.05) is 6.26 Å². The topological polar surface area (TPSA) is 63.6 Å². The van der Waals surface area contributed by atoms with Crippen LogP contribution in [0.15, 0.2) is 17.0 Å². The zero-order valence-corrected chi connectivity index (χ0v) is 10.2. The van der Waals surface area contributed by atoms with Gasteiger partial charge in [0.05, 0.1) is 6.61 Å². The number of ether oxygens (including phenoxy) is 1. The summed E-state index contributed by atoms with van der Waals surface area (Å²) in [5, 5.41) is 8.98. The third-order valence-corrected chi connectivity index (χ3v) is 3.19. The zero-order valence-electron chi connectivity index (χ0n) is 8.65. The molecule has 1 aromatic rings. The van der Waals surface area contributed by atoms with E-state index >= 15 is 0 Å². The Hall–Kier alpha value is -0.920. The molecule has 0 amide bonds. The quantitative estimate of drug-likeness (QED) is 0.917. The van der Waals surface area contributed by atoms with E-state index in [1.54, 1.807) is 0 Å². The lowest BCUT2D eigenvalue weighted by molar-refractivity contribution is -0.0528. The van der Waals surface area contributed by atoms with E-state index in [2.05, 4.69) is 4.74 Å². The Morgan fingerprint density at radius 3 is 2.47 bits per heavy atom. The molecule has 1 aromatic carbocycles. The summed E-state index contributed by atoms with van der Waals surface area (Å²) in [5.41, 5.74) is -0.113. The Morgan fingerprint density at radius 2 is 2.06 bits per heavy atom. The highest BCUT2D eigenvalue weighted by Crippen LogP contribution is 2.33. The Labute approximate surface area is 102 Å². The van der Waals surface area contributed by atoms with E-state index in [4.69, 9.17) is 16.7 Å². The molecule has 0 saturated heterocycles. The van der Waals surface area contributed by atoms with Crippen LogP contribution in [-0.2, 0) is 16.4 Å². The second-order valence-corrected chi connectivity index (χ2v) is 5.62. The molecular weight excluding hydrogens is 278 g/mol. The summed E-state index contributed by atoms with van der Waals surface area (Å²) in [7, 11) is -3.79. The fourth-order valence-corrected chi connectivity index (χ4v) is 2.40. The van der Waals surface area contributed by atoms with Crippen molar-refractivity contribution in [2.45, 2.75) is 18.1 Å². The molecule has 0 aliphatic heterocycles. The summed E-state index contributed by atoms with van der Waals surface area (Å²) < 4.78 is 51.2. The molecule has 0 aliphatic rings. The number of halogens is 3. The van der Waals surface area contributed by atoms with Gasteiger partial charge >= 0.3 is 6.61 Å². The highest BCUT2D eigenvalue weighted by atomic mass is 35.5. The van der Waals surface area contributed by atoms with Crippen molar-refractivity contribution in [1.29, 1.82) is 0 Å². The van der Waals surface area contributed by atoms with Crippen LogP contribution in [0.5, 0.6) is 5.75 Å². The number of hydrogen-bond acceptors (Lipinski definition) is 4. The van der Waals surface area contributed by atoms with Crippen LogP contribution in [0.25, 0.3) is 0 Å². The van der Waals surface area contributed by atoms with E-state index in [1.807, 2.05) is 0 Å². The minimum absolute atomic E-state index is 0.0103. The Balaban J connectivity index is 3.50. The van der Waals surface area contributed by atoms with E-state index < -0.39 is 33.7 Å². The third kappa shape index (κ3) is 3.52. The predicted octanol–water partition coefficient (Wildman–Crippen LogP) is 1.84. The number of sulfone groups is 1. The summed E-state index contributed by atoms with van der Waals surface area (Å²) in [5.74, 6) is -0.575. The van der Waals surface area contributed by atoms with Gasteiger partial charge < -0.3 is 9.84 Å². The van der Waals surface area contributed by atoms with Crippen molar-refractivity contribution in [1.82, 2.24) is 0 Å². The number of aliphatic hydroxyl groups is 1. The molecule has 0 aromatic heterocycles. The van der Waals surface area contributed by atoms with Crippen LogP contribution in [0.3, 0.4) is 0 Å². The monoisotopic (exact) mass is 286 g/mol. The Morgan fingerprint density at radius 1 is 1.47 bits per heavy atom. The van der Waals surface area contributed by atoms with E-state index in [9.17, 15) is 17.2 Å². The lowest BCUT2D eigenvalue weighted by Crippen LogP contribution is -2.10. The van der Waals surface area contributed by atoms with Gasteiger partial charge in [0.1, 0.15) is 10.6 Å². The van der Waals surface area contributed by atoms with Crippen molar-refractivity contribution in [3.05, 3.63) is 22.7 Å². The normalized spacial score (nSPS) is 11.9. The third-order valence-electron chi connectivity index (χ3n) is 1.87. The first-order valence-corrected chi connectivity index (χ1v) is 6.60. The second kappa shape index (κ2) is 5.16. The smallest absolute Gasteiger partial charge is 0.387 e. The molecule has 0 fully saturated rings. The van der Waals surface area contributed by atoms with Gasteiger partial charge in [-0.1, -0.05) is 11.6 Å². The van der Waals surface area contributed by atoms with Crippen molar-refractivity contribution < 1.29 is 27.0 Å². The van der Waals surface area contributed by atoms with Crippen LogP contribution in [0.4, 0.5) is 8.78 Å². The lowest BCUT2D eigenvalue weighted by atomic mass is 10.2.